The predicted molar refractivity (Wildman–Crippen MR) is 125 cm³/mol. The molecule has 1 saturated heterocycles. The number of anilines is 1. The van der Waals surface area contributed by atoms with Crippen LogP contribution in [0.5, 0.6) is 0 Å². The highest BCUT2D eigenvalue weighted by Gasteiger charge is 2.24. The van der Waals surface area contributed by atoms with Crippen LogP contribution in [0.1, 0.15) is 59.1 Å². The fourth-order valence-electron chi connectivity index (χ4n) is 3.83. The summed E-state index contributed by atoms with van der Waals surface area (Å²) in [6, 6.07) is 5.45. The molecule has 1 N–H and O–H groups in total. The van der Waals surface area contributed by atoms with Crippen LogP contribution < -0.4 is 5.32 Å². The summed E-state index contributed by atoms with van der Waals surface area (Å²) in [6.07, 6.45) is 5.18. The van der Waals surface area contributed by atoms with Crippen LogP contribution in [0.4, 0.5) is 10.6 Å². The van der Waals surface area contributed by atoms with E-state index in [1.54, 1.807) is 33.0 Å². The largest absolute Gasteiger partial charge is 0.442 e. The van der Waals surface area contributed by atoms with Gasteiger partial charge in [0.05, 0.1) is 5.69 Å². The molecule has 1 fully saturated rings. The summed E-state index contributed by atoms with van der Waals surface area (Å²) < 4.78 is 6.60. The molecule has 174 valence electrons. The molecule has 2 aromatic heterocycles. The van der Waals surface area contributed by atoms with Crippen molar-refractivity contribution in [2.24, 2.45) is 5.92 Å². The maximum atomic E-state index is 12.8. The van der Waals surface area contributed by atoms with Crippen LogP contribution >= 0.6 is 0 Å². The highest BCUT2D eigenvalue weighted by molar-refractivity contribution is 5.92. The van der Waals surface area contributed by atoms with Gasteiger partial charge in [-0.3, -0.25) is 9.78 Å². The lowest BCUT2D eigenvalue weighted by atomic mass is 10.0. The molecule has 8 heteroatoms. The highest BCUT2D eigenvalue weighted by Crippen LogP contribution is 2.23. The molecular formula is C24H35N5O3. The Labute approximate surface area is 190 Å². The first-order chi connectivity index (χ1) is 15.1. The number of hydrogen-bond donors (Lipinski definition) is 1. The van der Waals surface area contributed by atoms with Crippen LogP contribution in [0.15, 0.2) is 24.4 Å². The van der Waals surface area contributed by atoms with Crippen LogP contribution in [0, 0.1) is 12.8 Å². The van der Waals surface area contributed by atoms with E-state index < -0.39 is 11.7 Å². The van der Waals surface area contributed by atoms with E-state index >= 15 is 0 Å². The number of nitrogens with one attached hydrogen (secondary N) is 1. The summed E-state index contributed by atoms with van der Waals surface area (Å²) in [5.41, 5.74) is 1.50. The normalized spacial score (nSPS) is 15.9. The van der Waals surface area contributed by atoms with Crippen molar-refractivity contribution in [2.45, 2.75) is 65.9 Å². The van der Waals surface area contributed by atoms with Crippen molar-refractivity contribution in [3.05, 3.63) is 30.1 Å². The molecule has 1 unspecified atom stereocenters. The van der Waals surface area contributed by atoms with Crippen molar-refractivity contribution < 1.29 is 14.3 Å². The molecule has 32 heavy (non-hydrogen) atoms. The van der Waals surface area contributed by atoms with E-state index in [-0.39, 0.29) is 11.8 Å². The number of nitrogens with zero attached hydrogens (tertiary/aromatic N) is 4. The molecule has 8 nitrogen and oxygen atoms in total. The number of piperidine rings is 1. The predicted octanol–water partition coefficient (Wildman–Crippen LogP) is 4.49. The molecule has 3 rings (SSSR count). The molecule has 0 saturated carbocycles. The first-order valence-electron chi connectivity index (χ1n) is 11.4. The van der Waals surface area contributed by atoms with E-state index in [2.05, 4.69) is 27.2 Å². The Morgan fingerprint density at radius 3 is 2.53 bits per heavy atom. The number of carbonyl (C=O) groups is 2. The van der Waals surface area contributed by atoms with Crippen LogP contribution in [0.2, 0.25) is 0 Å². The Balaban J connectivity index is 1.74. The smallest absolute Gasteiger partial charge is 0.437 e. The second-order valence-electron chi connectivity index (χ2n) is 9.71. The first kappa shape index (κ1) is 23.9. The average molecular weight is 442 g/mol. The molecule has 0 radical (unpaired) electrons. The fourth-order valence-corrected chi connectivity index (χ4v) is 3.83. The summed E-state index contributed by atoms with van der Waals surface area (Å²) in [6.45, 7) is 12.5. The second-order valence-corrected chi connectivity index (χ2v) is 9.71. The Morgan fingerprint density at radius 1 is 1.19 bits per heavy atom. The fraction of sp³-hybridized carbons (Fsp3) is 0.583. The van der Waals surface area contributed by atoms with Gasteiger partial charge in [0.2, 0.25) is 5.91 Å². The van der Waals surface area contributed by atoms with Crippen LogP contribution in [0.25, 0.3) is 11.3 Å². The Morgan fingerprint density at radius 2 is 1.91 bits per heavy atom. The van der Waals surface area contributed by atoms with E-state index in [0.29, 0.717) is 17.9 Å². The number of likely N-dealkylation sites (tertiary alicyclic amines) is 1. The minimum atomic E-state index is -0.682. The molecule has 0 bridgehead atoms. The van der Waals surface area contributed by atoms with Gasteiger partial charge >= 0.3 is 6.09 Å². The third-order valence-corrected chi connectivity index (χ3v) is 5.30. The number of ether oxygens (including phenoxy) is 1. The van der Waals surface area contributed by atoms with Gasteiger partial charge in [0, 0.05) is 36.5 Å². The van der Waals surface area contributed by atoms with Gasteiger partial charge in [-0.15, -0.1) is 4.68 Å². The molecule has 0 aromatic carbocycles. The lowest BCUT2D eigenvalue weighted by Crippen LogP contribution is -2.34. The Hall–Kier alpha value is -2.74. The van der Waals surface area contributed by atoms with Crippen LogP contribution in [0.3, 0.4) is 0 Å². The number of carbonyl (C=O) groups excluding carboxylic acids is 2. The molecule has 0 aliphatic carbocycles. The SMILES string of the molecule is Cc1ccc(-c2cc(NC(=O)CC(C)CN3CCCCC3)n(C(=O)OC(C)(C)C)n2)cn1. The third-order valence-electron chi connectivity index (χ3n) is 5.30. The summed E-state index contributed by atoms with van der Waals surface area (Å²) in [5, 5.41) is 7.27. The molecule has 1 aliphatic heterocycles. The van der Waals surface area contributed by atoms with Gasteiger partial charge in [0.15, 0.2) is 0 Å². The molecule has 2 aromatic rings. The third kappa shape index (κ3) is 6.88. The lowest BCUT2D eigenvalue weighted by Gasteiger charge is -2.28. The van der Waals surface area contributed by atoms with E-state index in [1.165, 1.54) is 19.3 Å². The van der Waals surface area contributed by atoms with Gasteiger partial charge in [-0.1, -0.05) is 13.3 Å². The summed E-state index contributed by atoms with van der Waals surface area (Å²) in [4.78, 5) is 32.3. The molecule has 3 heterocycles. The van der Waals surface area contributed by atoms with Crippen molar-refractivity contribution in [3.8, 4) is 11.3 Å². The van der Waals surface area contributed by atoms with Gasteiger partial charge in [-0.2, -0.15) is 5.10 Å². The number of hydrogen-bond acceptors (Lipinski definition) is 6. The molecular weight excluding hydrogens is 406 g/mol. The summed E-state index contributed by atoms with van der Waals surface area (Å²) >= 11 is 0. The number of amides is 1. The quantitative estimate of drug-likeness (QED) is 0.711. The number of aromatic nitrogens is 3. The number of aryl methyl sites for hydroxylation is 1. The van der Waals surface area contributed by atoms with Gasteiger partial charge < -0.3 is 15.0 Å². The zero-order chi connectivity index (χ0) is 23.3. The zero-order valence-electron chi connectivity index (χ0n) is 19.9. The standard InChI is InChI=1S/C24H35N5O3/c1-17(16-28-11-7-6-8-12-28)13-22(30)26-21-14-20(19-10-9-18(2)25-15-19)27-29(21)23(31)32-24(3,4)5/h9-10,14-15,17H,6-8,11-13,16H2,1-5H3,(H,26,30). The van der Waals surface area contributed by atoms with E-state index in [1.807, 2.05) is 19.1 Å². The second kappa shape index (κ2) is 10.3. The molecule has 1 atom stereocenters. The lowest BCUT2D eigenvalue weighted by molar-refractivity contribution is -0.117. The molecule has 1 amide bonds. The minimum Gasteiger partial charge on any atom is -0.442 e. The van der Waals surface area contributed by atoms with Crippen LogP contribution in [-0.4, -0.2) is 56.9 Å². The van der Waals surface area contributed by atoms with Gasteiger partial charge in [-0.25, -0.2) is 4.79 Å². The monoisotopic (exact) mass is 441 g/mol. The van der Waals surface area contributed by atoms with Gasteiger partial charge in [-0.05, 0) is 71.7 Å². The highest BCUT2D eigenvalue weighted by atomic mass is 16.6. The van der Waals surface area contributed by atoms with Crippen molar-refractivity contribution in [1.82, 2.24) is 19.7 Å². The summed E-state index contributed by atoms with van der Waals surface area (Å²) in [5.74, 6) is 0.365. The molecule has 0 spiro atoms. The maximum absolute atomic E-state index is 12.8. The van der Waals surface area contributed by atoms with Gasteiger partial charge in [0.25, 0.3) is 0 Å². The van der Waals surface area contributed by atoms with E-state index in [4.69, 9.17) is 4.74 Å². The van der Waals surface area contributed by atoms with Crippen molar-refractivity contribution in [2.75, 3.05) is 25.0 Å². The van der Waals surface area contributed by atoms with Crippen LogP contribution in [-0.2, 0) is 9.53 Å². The summed E-state index contributed by atoms with van der Waals surface area (Å²) in [7, 11) is 0. The van der Waals surface area contributed by atoms with E-state index in [9.17, 15) is 9.59 Å². The van der Waals surface area contributed by atoms with Crippen molar-refractivity contribution in [3.63, 3.8) is 0 Å². The topological polar surface area (TPSA) is 89.4 Å². The first-order valence-corrected chi connectivity index (χ1v) is 11.4. The Kier molecular flexibility index (Phi) is 7.66. The Bertz CT molecular complexity index is 924. The maximum Gasteiger partial charge on any atom is 0.437 e. The average Bonchev–Trinajstić information content (AvgIpc) is 3.11. The number of rotatable bonds is 6. The minimum absolute atomic E-state index is 0.146. The molecule has 1 aliphatic rings. The van der Waals surface area contributed by atoms with Crippen molar-refractivity contribution >= 4 is 17.8 Å². The van der Waals surface area contributed by atoms with Crippen molar-refractivity contribution in [1.29, 1.82) is 0 Å². The van der Waals surface area contributed by atoms with Gasteiger partial charge in [0.1, 0.15) is 11.4 Å². The number of pyridine rings is 1. The zero-order valence-corrected chi connectivity index (χ0v) is 19.9. The van der Waals surface area contributed by atoms with E-state index in [0.717, 1.165) is 35.6 Å².